The molecule has 1 amide bonds. The second-order valence-corrected chi connectivity index (χ2v) is 6.96. The smallest absolute Gasteiger partial charge is 0.338 e. The average Bonchev–Trinajstić information content (AvgIpc) is 2.68. The molecule has 2 N–H and O–H groups in total. The van der Waals surface area contributed by atoms with Crippen LogP contribution >= 0.6 is 28.1 Å². The molecule has 0 saturated heterocycles. The van der Waals surface area contributed by atoms with Crippen LogP contribution in [0.25, 0.3) is 0 Å². The number of amides is 1. The van der Waals surface area contributed by atoms with Crippen LogP contribution in [0.15, 0.2) is 46.9 Å². The molecule has 0 saturated carbocycles. The van der Waals surface area contributed by atoms with E-state index in [0.717, 1.165) is 6.42 Å². The Kier molecular flexibility index (Phi) is 8.41. The van der Waals surface area contributed by atoms with Crippen molar-refractivity contribution in [1.82, 2.24) is 5.32 Å². The van der Waals surface area contributed by atoms with Gasteiger partial charge in [0.1, 0.15) is 5.75 Å². The monoisotopic (exact) mass is 464 g/mol. The summed E-state index contributed by atoms with van der Waals surface area (Å²) in [5, 5.41) is 5.68. The first-order valence-corrected chi connectivity index (χ1v) is 9.96. The van der Waals surface area contributed by atoms with Gasteiger partial charge in [-0.05, 0) is 84.0 Å². The maximum atomic E-state index is 12.3. The molecular formula is C20H21BrN2O4S. The number of hydrogen-bond acceptors (Lipinski definition) is 5. The van der Waals surface area contributed by atoms with Crippen LogP contribution in [-0.4, -0.2) is 30.2 Å². The molecule has 2 rings (SSSR count). The molecule has 6 nitrogen and oxygen atoms in total. The molecule has 0 atom stereocenters. The van der Waals surface area contributed by atoms with E-state index in [-0.39, 0.29) is 17.0 Å². The first kappa shape index (κ1) is 21.8. The Balaban J connectivity index is 1.93. The molecule has 0 aliphatic heterocycles. The van der Waals surface area contributed by atoms with Crippen LogP contribution in [-0.2, 0) is 4.74 Å². The van der Waals surface area contributed by atoms with Gasteiger partial charge in [0.05, 0.1) is 23.2 Å². The molecule has 0 heterocycles. The van der Waals surface area contributed by atoms with Crippen molar-refractivity contribution >= 4 is 50.8 Å². The first-order chi connectivity index (χ1) is 13.4. The molecule has 0 unspecified atom stereocenters. The van der Waals surface area contributed by atoms with E-state index in [1.54, 1.807) is 42.5 Å². The average molecular weight is 465 g/mol. The number of anilines is 1. The third kappa shape index (κ3) is 6.31. The van der Waals surface area contributed by atoms with Crippen LogP contribution in [0.5, 0.6) is 5.75 Å². The summed E-state index contributed by atoms with van der Waals surface area (Å²) in [6, 6.07) is 11.7. The molecule has 0 fully saturated rings. The lowest BCUT2D eigenvalue weighted by Gasteiger charge is -2.11. The number of carbonyl (C=O) groups is 2. The van der Waals surface area contributed by atoms with Crippen LogP contribution < -0.4 is 15.4 Å². The van der Waals surface area contributed by atoms with Crippen molar-refractivity contribution < 1.29 is 19.1 Å². The maximum Gasteiger partial charge on any atom is 0.338 e. The summed E-state index contributed by atoms with van der Waals surface area (Å²) in [4.78, 5) is 24.1. The van der Waals surface area contributed by atoms with E-state index in [4.69, 9.17) is 21.7 Å². The third-order valence-electron chi connectivity index (χ3n) is 3.54. The van der Waals surface area contributed by atoms with Gasteiger partial charge in [-0.15, -0.1) is 0 Å². The van der Waals surface area contributed by atoms with Crippen molar-refractivity contribution in [1.29, 1.82) is 0 Å². The summed E-state index contributed by atoms with van der Waals surface area (Å²) in [6.45, 7) is 4.74. The highest BCUT2D eigenvalue weighted by molar-refractivity contribution is 9.10. The number of thiocarbonyl (C=S) groups is 1. The molecule has 0 aromatic heterocycles. The van der Waals surface area contributed by atoms with E-state index < -0.39 is 0 Å². The maximum absolute atomic E-state index is 12.3. The van der Waals surface area contributed by atoms with Crippen LogP contribution in [0, 0.1) is 0 Å². The topological polar surface area (TPSA) is 76.7 Å². The predicted molar refractivity (Wildman–Crippen MR) is 116 cm³/mol. The minimum atomic E-state index is -0.370. The van der Waals surface area contributed by atoms with Crippen molar-refractivity contribution in [3.63, 3.8) is 0 Å². The summed E-state index contributed by atoms with van der Waals surface area (Å²) in [5.74, 6) is -0.0522. The Hall–Kier alpha value is -2.45. The number of carbonyl (C=O) groups excluding carboxylic acids is 2. The fraction of sp³-hybridized carbons (Fsp3) is 0.250. The van der Waals surface area contributed by atoms with Gasteiger partial charge in [0, 0.05) is 11.3 Å². The summed E-state index contributed by atoms with van der Waals surface area (Å²) in [6.07, 6.45) is 0.768. The fourth-order valence-corrected chi connectivity index (χ4v) is 2.92. The molecule has 0 radical (unpaired) electrons. The van der Waals surface area contributed by atoms with Crippen LogP contribution in [0.2, 0.25) is 0 Å². The van der Waals surface area contributed by atoms with E-state index in [1.165, 1.54) is 0 Å². The Labute approximate surface area is 177 Å². The second-order valence-electron chi connectivity index (χ2n) is 5.70. The van der Waals surface area contributed by atoms with E-state index in [0.29, 0.717) is 40.3 Å². The molecule has 8 heteroatoms. The standard InChI is InChI=1S/C20H21BrN2O4S/c1-3-11-27-19(25)13-5-8-15(9-6-13)22-20(28)23-18(24)14-7-10-17(26-4-2)16(21)12-14/h5-10,12H,3-4,11H2,1-2H3,(H2,22,23,24,28). The molecule has 2 aromatic carbocycles. The van der Waals surface area contributed by atoms with Crippen molar-refractivity contribution in [2.24, 2.45) is 0 Å². The van der Waals surface area contributed by atoms with Crippen molar-refractivity contribution in [2.45, 2.75) is 20.3 Å². The van der Waals surface area contributed by atoms with Gasteiger partial charge < -0.3 is 14.8 Å². The molecule has 0 aliphatic rings. The predicted octanol–water partition coefficient (Wildman–Crippen LogP) is 4.54. The molecule has 0 aliphatic carbocycles. The molecule has 0 spiro atoms. The number of halogens is 1. The van der Waals surface area contributed by atoms with Gasteiger partial charge in [-0.1, -0.05) is 6.92 Å². The number of nitrogens with one attached hydrogen (secondary N) is 2. The minimum absolute atomic E-state index is 0.149. The van der Waals surface area contributed by atoms with E-state index in [9.17, 15) is 9.59 Å². The quantitative estimate of drug-likeness (QED) is 0.462. The fourth-order valence-electron chi connectivity index (χ4n) is 2.22. The summed E-state index contributed by atoms with van der Waals surface area (Å²) >= 11 is 8.56. The zero-order chi connectivity index (χ0) is 20.5. The van der Waals surface area contributed by atoms with E-state index in [2.05, 4.69) is 26.6 Å². The highest BCUT2D eigenvalue weighted by Gasteiger charge is 2.11. The summed E-state index contributed by atoms with van der Waals surface area (Å²) < 4.78 is 11.2. The Bertz CT molecular complexity index is 856. The van der Waals surface area contributed by atoms with E-state index in [1.807, 2.05) is 13.8 Å². The largest absolute Gasteiger partial charge is 0.493 e. The van der Waals surface area contributed by atoms with Gasteiger partial charge in [0.15, 0.2) is 5.11 Å². The third-order valence-corrected chi connectivity index (χ3v) is 4.36. The SMILES string of the molecule is CCCOC(=O)c1ccc(NC(=S)NC(=O)c2ccc(OCC)c(Br)c2)cc1. The Morgan fingerprint density at radius 3 is 2.36 bits per heavy atom. The number of rotatable bonds is 7. The van der Waals surface area contributed by atoms with Crippen molar-refractivity contribution in [3.8, 4) is 5.75 Å². The number of benzene rings is 2. The van der Waals surface area contributed by atoms with Crippen LogP contribution in [0.1, 0.15) is 41.0 Å². The zero-order valence-electron chi connectivity index (χ0n) is 15.6. The van der Waals surface area contributed by atoms with Gasteiger partial charge in [-0.2, -0.15) is 0 Å². The number of ether oxygens (including phenoxy) is 2. The lowest BCUT2D eigenvalue weighted by atomic mass is 10.2. The molecule has 148 valence electrons. The molecule has 28 heavy (non-hydrogen) atoms. The Morgan fingerprint density at radius 1 is 1.07 bits per heavy atom. The first-order valence-electron chi connectivity index (χ1n) is 8.76. The van der Waals surface area contributed by atoms with E-state index >= 15 is 0 Å². The van der Waals surface area contributed by atoms with Crippen LogP contribution in [0.4, 0.5) is 5.69 Å². The lowest BCUT2D eigenvalue weighted by Crippen LogP contribution is -2.34. The second kappa shape index (κ2) is 10.8. The van der Waals surface area contributed by atoms with Crippen molar-refractivity contribution in [2.75, 3.05) is 18.5 Å². The zero-order valence-corrected chi connectivity index (χ0v) is 18.0. The number of hydrogen-bond donors (Lipinski definition) is 2. The van der Waals surface area contributed by atoms with Crippen molar-refractivity contribution in [3.05, 3.63) is 58.1 Å². The molecule has 2 aromatic rings. The molecule has 0 bridgehead atoms. The minimum Gasteiger partial charge on any atom is -0.493 e. The summed E-state index contributed by atoms with van der Waals surface area (Å²) in [5.41, 5.74) is 1.53. The Morgan fingerprint density at radius 2 is 1.75 bits per heavy atom. The normalized spacial score (nSPS) is 10.1. The van der Waals surface area contributed by atoms with Gasteiger partial charge in [-0.3, -0.25) is 10.1 Å². The van der Waals surface area contributed by atoms with Gasteiger partial charge in [-0.25, -0.2) is 4.79 Å². The van der Waals surface area contributed by atoms with Gasteiger partial charge in [0.25, 0.3) is 5.91 Å². The molecular weight excluding hydrogens is 444 g/mol. The highest BCUT2D eigenvalue weighted by atomic mass is 79.9. The summed E-state index contributed by atoms with van der Waals surface area (Å²) in [7, 11) is 0. The lowest BCUT2D eigenvalue weighted by molar-refractivity contribution is 0.0505. The van der Waals surface area contributed by atoms with Gasteiger partial charge in [0.2, 0.25) is 0 Å². The van der Waals surface area contributed by atoms with Crippen LogP contribution in [0.3, 0.4) is 0 Å². The van der Waals surface area contributed by atoms with Gasteiger partial charge >= 0.3 is 5.97 Å². The highest BCUT2D eigenvalue weighted by Crippen LogP contribution is 2.26. The number of esters is 1.